The van der Waals surface area contributed by atoms with E-state index < -0.39 is 0 Å². The molecule has 0 unspecified atom stereocenters. The van der Waals surface area contributed by atoms with Gasteiger partial charge in [-0.2, -0.15) is 5.26 Å². The lowest BCUT2D eigenvalue weighted by molar-refractivity contribution is 1.07. The molecule has 3 heterocycles. The summed E-state index contributed by atoms with van der Waals surface area (Å²) in [5, 5.41) is 13.8. The molecule has 0 radical (unpaired) electrons. The molecular weight excluding hydrogens is 761 g/mol. The first-order valence-electron chi connectivity index (χ1n) is 20.0. The van der Waals surface area contributed by atoms with Crippen molar-refractivity contribution in [2.24, 2.45) is 0 Å². The molecule has 8 aromatic carbocycles. The minimum Gasteiger partial charge on any atom is -0.309 e. The fourth-order valence-electron chi connectivity index (χ4n) is 8.62. The summed E-state index contributed by atoms with van der Waals surface area (Å²) in [5.74, 6) is 1.62. The summed E-state index contributed by atoms with van der Waals surface area (Å²) >= 11 is 0. The lowest BCUT2D eigenvalue weighted by Crippen LogP contribution is -2.03. The van der Waals surface area contributed by atoms with Crippen molar-refractivity contribution in [3.8, 4) is 62.7 Å². The van der Waals surface area contributed by atoms with Gasteiger partial charge in [0, 0.05) is 38.4 Å². The first-order valence-corrected chi connectivity index (χ1v) is 20.0. The smallest absolute Gasteiger partial charge is 0.188 e. The van der Waals surface area contributed by atoms with Crippen LogP contribution in [0.3, 0.4) is 0 Å². The standard InChI is InChI=1S/C54H30N8/c1-56-38-24-28-50-44(31-38)41-18-10-12-20-47(41)62(50)51-30-37(54-59-52(35-13-5-3-6-14-35)58-53(60-54)36-15-7-4-8-16-36)22-25-42(51)45-32-39(57-2)23-27-49(45)61-46-19-11-9-17-40(46)43-29-34(33-55)21-26-48(43)61/h3-32H. The molecule has 0 amide bonds. The van der Waals surface area contributed by atoms with E-state index in [4.69, 9.17) is 28.1 Å². The maximum absolute atomic E-state index is 9.88. The second-order valence-corrected chi connectivity index (χ2v) is 14.9. The molecule has 286 valence electrons. The number of aromatic nitrogens is 5. The molecule has 0 N–H and O–H groups in total. The Labute approximate surface area is 356 Å². The van der Waals surface area contributed by atoms with Crippen molar-refractivity contribution < 1.29 is 0 Å². The van der Waals surface area contributed by atoms with E-state index in [-0.39, 0.29) is 0 Å². The summed E-state index contributed by atoms with van der Waals surface area (Å²) in [6.07, 6.45) is 0. The number of para-hydroxylation sites is 2. The van der Waals surface area contributed by atoms with Gasteiger partial charge in [0.2, 0.25) is 0 Å². The second-order valence-electron chi connectivity index (χ2n) is 14.9. The Kier molecular flexibility index (Phi) is 8.46. The quantitative estimate of drug-likeness (QED) is 0.157. The van der Waals surface area contributed by atoms with Crippen LogP contribution in [0.2, 0.25) is 0 Å². The lowest BCUT2D eigenvalue weighted by Gasteiger charge is -2.20. The van der Waals surface area contributed by atoms with E-state index in [2.05, 4.69) is 61.3 Å². The number of benzene rings is 8. The van der Waals surface area contributed by atoms with Crippen LogP contribution in [0.4, 0.5) is 11.4 Å². The van der Waals surface area contributed by atoms with Crippen LogP contribution >= 0.6 is 0 Å². The molecule has 0 spiro atoms. The van der Waals surface area contributed by atoms with Crippen LogP contribution in [0.15, 0.2) is 182 Å². The topological polar surface area (TPSA) is 81.0 Å². The SMILES string of the molecule is [C-]#[N+]c1ccc(-n2c3ccccc3c3cc(C#N)ccc32)c(-c2ccc(-c3nc(-c4ccccc4)nc(-c4ccccc4)n3)cc2-n2c3ccccc3c3cc([N+]#[C-])ccc32)c1. The number of hydrogen-bond donors (Lipinski definition) is 0. The highest BCUT2D eigenvalue weighted by molar-refractivity contribution is 6.12. The summed E-state index contributed by atoms with van der Waals surface area (Å²) in [6.45, 7) is 16.0. The molecule has 11 rings (SSSR count). The Balaban J connectivity index is 1.24. The number of hydrogen-bond acceptors (Lipinski definition) is 4. The predicted molar refractivity (Wildman–Crippen MR) is 247 cm³/mol. The van der Waals surface area contributed by atoms with Crippen LogP contribution in [-0.2, 0) is 0 Å². The summed E-state index contributed by atoms with van der Waals surface area (Å²) in [6, 6.07) is 62.3. The van der Waals surface area contributed by atoms with E-state index in [1.807, 2.05) is 146 Å². The van der Waals surface area contributed by atoms with Crippen LogP contribution in [0.25, 0.3) is 110 Å². The fraction of sp³-hybridized carbons (Fsp3) is 0. The summed E-state index contributed by atoms with van der Waals surface area (Å²) in [4.78, 5) is 22.9. The second kappa shape index (κ2) is 14.6. The van der Waals surface area contributed by atoms with Gasteiger partial charge in [0.25, 0.3) is 0 Å². The van der Waals surface area contributed by atoms with Crippen LogP contribution in [-0.4, -0.2) is 24.1 Å². The van der Waals surface area contributed by atoms with E-state index in [9.17, 15) is 5.26 Å². The van der Waals surface area contributed by atoms with Crippen molar-refractivity contribution in [2.45, 2.75) is 0 Å². The molecule has 8 nitrogen and oxygen atoms in total. The van der Waals surface area contributed by atoms with Crippen molar-refractivity contribution in [1.29, 1.82) is 5.26 Å². The Morgan fingerprint density at radius 2 is 0.903 bits per heavy atom. The minimum absolute atomic E-state index is 0.493. The van der Waals surface area contributed by atoms with Gasteiger partial charge >= 0.3 is 0 Å². The van der Waals surface area contributed by atoms with E-state index in [1.165, 1.54) is 0 Å². The van der Waals surface area contributed by atoms with Gasteiger partial charge in [-0.3, -0.25) is 0 Å². The summed E-state index contributed by atoms with van der Waals surface area (Å²) in [5.41, 5.74) is 11.3. The summed E-state index contributed by atoms with van der Waals surface area (Å²) < 4.78 is 4.47. The average Bonchev–Trinajstić information content (AvgIpc) is 3.86. The first kappa shape index (κ1) is 36.0. The van der Waals surface area contributed by atoms with Crippen molar-refractivity contribution in [3.05, 3.63) is 210 Å². The normalized spacial score (nSPS) is 11.2. The van der Waals surface area contributed by atoms with Gasteiger partial charge in [0.1, 0.15) is 0 Å². The molecule has 11 aromatic rings. The highest BCUT2D eigenvalue weighted by atomic mass is 15.0. The number of nitriles is 1. The Morgan fingerprint density at radius 1 is 0.403 bits per heavy atom. The zero-order chi connectivity index (χ0) is 41.7. The molecule has 0 saturated carbocycles. The number of fused-ring (bicyclic) bond motifs is 6. The zero-order valence-electron chi connectivity index (χ0n) is 32.9. The molecule has 62 heavy (non-hydrogen) atoms. The van der Waals surface area contributed by atoms with Crippen LogP contribution in [0.1, 0.15) is 5.56 Å². The lowest BCUT2D eigenvalue weighted by atomic mass is 9.98. The van der Waals surface area contributed by atoms with Crippen molar-refractivity contribution in [3.63, 3.8) is 0 Å². The first-order chi connectivity index (χ1) is 30.6. The molecule has 0 aliphatic carbocycles. The molecule has 0 aliphatic heterocycles. The molecule has 0 saturated heterocycles. The van der Waals surface area contributed by atoms with E-state index in [0.29, 0.717) is 34.4 Å². The molecule has 0 atom stereocenters. The highest BCUT2D eigenvalue weighted by Gasteiger charge is 2.23. The molecule has 8 heteroatoms. The minimum atomic E-state index is 0.493. The molecule has 0 fully saturated rings. The third-order valence-electron chi connectivity index (χ3n) is 11.4. The van der Waals surface area contributed by atoms with Gasteiger partial charge < -0.3 is 9.13 Å². The van der Waals surface area contributed by atoms with E-state index in [0.717, 1.165) is 82.8 Å². The van der Waals surface area contributed by atoms with Crippen molar-refractivity contribution in [2.75, 3.05) is 0 Å². The third-order valence-corrected chi connectivity index (χ3v) is 11.4. The Morgan fingerprint density at radius 3 is 1.52 bits per heavy atom. The zero-order valence-corrected chi connectivity index (χ0v) is 32.9. The third kappa shape index (κ3) is 5.86. The van der Waals surface area contributed by atoms with Crippen LogP contribution < -0.4 is 0 Å². The van der Waals surface area contributed by atoms with E-state index in [1.54, 1.807) is 0 Å². The summed E-state index contributed by atoms with van der Waals surface area (Å²) in [7, 11) is 0. The monoisotopic (exact) mass is 790 g/mol. The highest BCUT2D eigenvalue weighted by Crippen LogP contribution is 2.44. The van der Waals surface area contributed by atoms with E-state index >= 15 is 0 Å². The van der Waals surface area contributed by atoms with Gasteiger partial charge in [-0.1, -0.05) is 121 Å². The molecule has 3 aromatic heterocycles. The predicted octanol–water partition coefficient (Wildman–Crippen LogP) is 13.7. The van der Waals surface area contributed by atoms with Crippen LogP contribution in [0, 0.1) is 24.5 Å². The van der Waals surface area contributed by atoms with Crippen molar-refractivity contribution >= 4 is 55.0 Å². The van der Waals surface area contributed by atoms with Crippen molar-refractivity contribution in [1.82, 2.24) is 24.1 Å². The maximum atomic E-state index is 9.88. The number of nitrogens with zero attached hydrogens (tertiary/aromatic N) is 8. The number of rotatable bonds is 6. The largest absolute Gasteiger partial charge is 0.309 e. The maximum Gasteiger partial charge on any atom is 0.188 e. The molecule has 0 aliphatic rings. The fourth-order valence-corrected chi connectivity index (χ4v) is 8.62. The Hall–Kier alpha value is -9.16. The van der Waals surface area contributed by atoms with Gasteiger partial charge in [-0.25, -0.2) is 24.6 Å². The van der Waals surface area contributed by atoms with Gasteiger partial charge in [0.15, 0.2) is 28.8 Å². The van der Waals surface area contributed by atoms with Gasteiger partial charge in [-0.05, 0) is 71.6 Å². The van der Waals surface area contributed by atoms with Gasteiger partial charge in [0.05, 0.1) is 58.2 Å². The Bertz CT molecular complexity index is 3670. The molecular formula is C54H30N8. The molecule has 0 bridgehead atoms. The van der Waals surface area contributed by atoms with Crippen LogP contribution in [0.5, 0.6) is 0 Å². The van der Waals surface area contributed by atoms with Gasteiger partial charge in [-0.15, -0.1) is 0 Å². The average molecular weight is 791 g/mol.